The molecule has 0 aromatic heterocycles. The Kier molecular flexibility index (Phi) is 1.47. The largest absolute Gasteiger partial charge is 0.246 e. The summed E-state index contributed by atoms with van der Waals surface area (Å²) in [4.78, 5) is 18.0. The van der Waals surface area contributed by atoms with Crippen molar-refractivity contribution in [2.24, 2.45) is 20.0 Å². The normalized spacial score (nSPS) is 27.1. The van der Waals surface area contributed by atoms with Crippen molar-refractivity contribution in [2.45, 2.75) is 5.66 Å². The van der Waals surface area contributed by atoms with Gasteiger partial charge >= 0.3 is 0 Å². The molecule has 2 aliphatic heterocycles. The van der Waals surface area contributed by atoms with E-state index in [1.54, 1.807) is 6.34 Å². The molecule has 4 heteroatoms. The van der Waals surface area contributed by atoms with Crippen molar-refractivity contribution in [1.29, 1.82) is 0 Å². The molecule has 0 bridgehead atoms. The first-order valence-corrected chi connectivity index (χ1v) is 5.43. The highest BCUT2D eigenvalue weighted by atomic mass is 15.2. The van der Waals surface area contributed by atoms with Crippen molar-refractivity contribution in [3.8, 4) is 0 Å². The van der Waals surface area contributed by atoms with Gasteiger partial charge in [-0.05, 0) is 24.3 Å². The van der Waals surface area contributed by atoms with Crippen LogP contribution >= 0.6 is 0 Å². The van der Waals surface area contributed by atoms with Crippen LogP contribution in [0.2, 0.25) is 0 Å². The molecule has 1 unspecified atom stereocenters. The van der Waals surface area contributed by atoms with Crippen LogP contribution in [0, 0.1) is 0 Å². The van der Waals surface area contributed by atoms with Crippen LogP contribution < -0.4 is 10.7 Å². The third kappa shape index (κ3) is 1.02. The average Bonchev–Trinajstić information content (AvgIpc) is 2.77. The molecule has 1 aromatic carbocycles. The molecule has 0 amide bonds. The van der Waals surface area contributed by atoms with Crippen molar-refractivity contribution >= 4 is 12.1 Å². The molecule has 3 aliphatic rings. The molecule has 1 spiro atoms. The van der Waals surface area contributed by atoms with Crippen LogP contribution in [0.15, 0.2) is 68.2 Å². The lowest BCUT2D eigenvalue weighted by molar-refractivity contribution is 0.655. The Hall–Kier alpha value is -2.36. The zero-order valence-electron chi connectivity index (χ0n) is 8.91. The summed E-state index contributed by atoms with van der Waals surface area (Å²) in [5.41, 5.74) is 0.961. The molecule has 0 N–H and O–H groups in total. The number of nitrogens with zero attached hydrogens (tertiary/aromatic N) is 4. The maximum absolute atomic E-state index is 4.72. The minimum Gasteiger partial charge on any atom is -0.246 e. The van der Waals surface area contributed by atoms with Gasteiger partial charge in [-0.2, -0.15) is 0 Å². The van der Waals surface area contributed by atoms with Gasteiger partial charge < -0.3 is 0 Å². The Morgan fingerprint density at radius 3 is 2.88 bits per heavy atom. The third-order valence-corrected chi connectivity index (χ3v) is 3.07. The van der Waals surface area contributed by atoms with Gasteiger partial charge in [0, 0.05) is 0 Å². The van der Waals surface area contributed by atoms with Gasteiger partial charge in [-0.25, -0.2) is 20.0 Å². The number of benzene rings is 1. The highest BCUT2D eigenvalue weighted by Crippen LogP contribution is 2.32. The maximum Gasteiger partial charge on any atom is 0.237 e. The van der Waals surface area contributed by atoms with Crippen molar-refractivity contribution < 1.29 is 0 Å². The van der Waals surface area contributed by atoms with E-state index in [2.05, 4.69) is 15.0 Å². The molecule has 1 atom stereocenters. The van der Waals surface area contributed by atoms with E-state index >= 15 is 0 Å². The van der Waals surface area contributed by atoms with E-state index in [-0.39, 0.29) is 0 Å². The molecule has 1 aromatic rings. The SMILES string of the molecule is C1=CC2=NC=NC23N=c2ccccc2=NC3=C1. The molecule has 4 rings (SSSR count). The molecule has 80 valence electrons. The van der Waals surface area contributed by atoms with Crippen molar-refractivity contribution in [3.63, 3.8) is 0 Å². The Bertz CT molecular complexity index is 752. The van der Waals surface area contributed by atoms with Crippen LogP contribution in [0.4, 0.5) is 0 Å². The second kappa shape index (κ2) is 2.85. The van der Waals surface area contributed by atoms with E-state index in [1.807, 2.05) is 42.5 Å². The van der Waals surface area contributed by atoms with Crippen LogP contribution in [0.25, 0.3) is 0 Å². The molecular formula is C13H8N4. The predicted molar refractivity (Wildman–Crippen MR) is 64.6 cm³/mol. The van der Waals surface area contributed by atoms with E-state index in [4.69, 9.17) is 4.99 Å². The lowest BCUT2D eigenvalue weighted by Crippen LogP contribution is -2.44. The van der Waals surface area contributed by atoms with Gasteiger partial charge in [0.25, 0.3) is 0 Å². The number of hydrogen-bond acceptors (Lipinski definition) is 4. The summed E-state index contributed by atoms with van der Waals surface area (Å²) in [5.74, 6) is 0. The fourth-order valence-electron chi connectivity index (χ4n) is 2.25. The minimum atomic E-state index is -0.719. The summed E-state index contributed by atoms with van der Waals surface area (Å²) in [6, 6.07) is 7.83. The summed E-state index contributed by atoms with van der Waals surface area (Å²) in [5, 5.41) is 1.76. The number of rotatable bonds is 0. The molecule has 2 heterocycles. The molecular weight excluding hydrogens is 212 g/mol. The zero-order valence-corrected chi connectivity index (χ0v) is 8.91. The Labute approximate surface area is 97.2 Å². The second-order valence-electron chi connectivity index (χ2n) is 4.05. The average molecular weight is 220 g/mol. The van der Waals surface area contributed by atoms with Crippen molar-refractivity contribution in [3.05, 3.63) is 58.9 Å². The molecule has 0 saturated carbocycles. The highest BCUT2D eigenvalue weighted by Gasteiger charge is 2.42. The van der Waals surface area contributed by atoms with Crippen LogP contribution in [0.3, 0.4) is 0 Å². The smallest absolute Gasteiger partial charge is 0.237 e. The Morgan fingerprint density at radius 2 is 1.94 bits per heavy atom. The molecule has 0 fully saturated rings. The standard InChI is InChI=1S/C13H8N4/c1-2-5-10-9(4-1)16-12-7-3-6-11-13(12,17-10)15-8-14-11/h1-8H. The molecule has 0 saturated heterocycles. The summed E-state index contributed by atoms with van der Waals surface area (Å²) in [6.07, 6.45) is 7.38. The maximum atomic E-state index is 4.72. The van der Waals surface area contributed by atoms with E-state index in [0.717, 1.165) is 22.1 Å². The van der Waals surface area contributed by atoms with Gasteiger partial charge in [0.05, 0.1) is 22.1 Å². The summed E-state index contributed by atoms with van der Waals surface area (Å²) < 4.78 is 0. The quantitative estimate of drug-likeness (QED) is 0.614. The van der Waals surface area contributed by atoms with Crippen molar-refractivity contribution in [1.82, 2.24) is 0 Å². The molecule has 1 aliphatic carbocycles. The number of hydrogen-bond donors (Lipinski definition) is 0. The van der Waals surface area contributed by atoms with Gasteiger partial charge in [-0.15, -0.1) is 0 Å². The first-order valence-electron chi connectivity index (χ1n) is 5.43. The van der Waals surface area contributed by atoms with E-state index < -0.39 is 5.66 Å². The van der Waals surface area contributed by atoms with E-state index in [1.165, 1.54) is 0 Å². The number of para-hydroxylation sites is 2. The van der Waals surface area contributed by atoms with Crippen LogP contribution in [-0.2, 0) is 0 Å². The summed E-state index contributed by atoms with van der Waals surface area (Å²) in [6.45, 7) is 0. The predicted octanol–water partition coefficient (Wildman–Crippen LogP) is 0.572. The molecule has 0 radical (unpaired) electrons. The van der Waals surface area contributed by atoms with E-state index in [9.17, 15) is 0 Å². The summed E-state index contributed by atoms with van der Waals surface area (Å²) >= 11 is 0. The Balaban J connectivity index is 2.14. The first kappa shape index (κ1) is 8.75. The van der Waals surface area contributed by atoms with Crippen LogP contribution in [-0.4, -0.2) is 17.7 Å². The second-order valence-corrected chi connectivity index (χ2v) is 4.05. The summed E-state index contributed by atoms with van der Waals surface area (Å²) in [7, 11) is 0. The highest BCUT2D eigenvalue weighted by molar-refractivity contribution is 6.12. The number of fused-ring (bicyclic) bond motifs is 1. The van der Waals surface area contributed by atoms with Gasteiger partial charge in [-0.1, -0.05) is 18.2 Å². The monoisotopic (exact) mass is 220 g/mol. The Morgan fingerprint density at radius 1 is 1.06 bits per heavy atom. The fraction of sp³-hybridized carbons (Fsp3) is 0.0769. The third-order valence-electron chi connectivity index (χ3n) is 3.07. The lowest BCUT2D eigenvalue weighted by atomic mass is 9.95. The topological polar surface area (TPSA) is 49.4 Å². The van der Waals surface area contributed by atoms with Gasteiger partial charge in [0.1, 0.15) is 6.34 Å². The molecule has 4 nitrogen and oxygen atoms in total. The minimum absolute atomic E-state index is 0.719. The first-order chi connectivity index (χ1) is 8.38. The number of allylic oxidation sites excluding steroid dienone is 2. The zero-order chi connectivity index (χ0) is 11.3. The lowest BCUT2D eigenvalue weighted by Gasteiger charge is -2.26. The molecule has 17 heavy (non-hydrogen) atoms. The van der Waals surface area contributed by atoms with Gasteiger partial charge in [0.2, 0.25) is 5.66 Å². The van der Waals surface area contributed by atoms with Crippen LogP contribution in [0.5, 0.6) is 0 Å². The van der Waals surface area contributed by atoms with E-state index in [0.29, 0.717) is 0 Å². The van der Waals surface area contributed by atoms with Crippen molar-refractivity contribution in [2.75, 3.05) is 0 Å². The van der Waals surface area contributed by atoms with Gasteiger partial charge in [0.15, 0.2) is 0 Å². The number of aliphatic imine (C=N–C) groups is 2. The van der Waals surface area contributed by atoms with Gasteiger partial charge in [-0.3, -0.25) is 0 Å². The van der Waals surface area contributed by atoms with Crippen LogP contribution in [0.1, 0.15) is 0 Å². The fourth-order valence-corrected chi connectivity index (χ4v) is 2.25.